The number of phenols is 1. The Morgan fingerprint density at radius 2 is 1.69 bits per heavy atom. The highest BCUT2D eigenvalue weighted by Gasteiger charge is 2.35. The maximum atomic E-state index is 12.6. The second kappa shape index (κ2) is 3.88. The Balaban J connectivity index is 3.19. The summed E-state index contributed by atoms with van der Waals surface area (Å²) >= 11 is 0. The van der Waals surface area contributed by atoms with Crippen LogP contribution in [-0.4, -0.2) is 10.7 Å². The van der Waals surface area contributed by atoms with Gasteiger partial charge in [-0.2, -0.15) is 13.2 Å². The van der Waals surface area contributed by atoms with Gasteiger partial charge in [-0.3, -0.25) is 0 Å². The molecule has 1 aromatic carbocycles. The standard InChI is InChI=1S/C11H13F3O2/c1-10(2,3)16-9-6-7(15)4-5-8(9)11(12,13)14/h4-6,15H,1-3H3. The first-order valence-corrected chi connectivity index (χ1v) is 4.69. The minimum atomic E-state index is -4.49. The molecule has 16 heavy (non-hydrogen) atoms. The van der Waals surface area contributed by atoms with Crippen molar-refractivity contribution in [3.63, 3.8) is 0 Å². The second-order valence-electron chi connectivity index (χ2n) is 4.39. The van der Waals surface area contributed by atoms with Crippen LogP contribution in [-0.2, 0) is 6.18 Å². The molecule has 0 aliphatic rings. The molecule has 1 N–H and O–H groups in total. The molecule has 0 amide bonds. The number of alkyl halides is 3. The highest BCUT2D eigenvalue weighted by molar-refractivity contribution is 5.42. The first kappa shape index (κ1) is 12.7. The van der Waals surface area contributed by atoms with Crippen LogP contribution in [0.25, 0.3) is 0 Å². The van der Waals surface area contributed by atoms with Crippen LogP contribution in [0.15, 0.2) is 18.2 Å². The van der Waals surface area contributed by atoms with Gasteiger partial charge in [0.25, 0.3) is 0 Å². The Morgan fingerprint density at radius 3 is 2.12 bits per heavy atom. The summed E-state index contributed by atoms with van der Waals surface area (Å²) in [5, 5.41) is 9.15. The Bertz CT molecular complexity index is 378. The third kappa shape index (κ3) is 3.32. The lowest BCUT2D eigenvalue weighted by Gasteiger charge is -2.24. The monoisotopic (exact) mass is 234 g/mol. The van der Waals surface area contributed by atoms with Crippen LogP contribution < -0.4 is 4.74 Å². The van der Waals surface area contributed by atoms with Gasteiger partial charge in [-0.25, -0.2) is 0 Å². The lowest BCUT2D eigenvalue weighted by atomic mass is 10.1. The number of ether oxygens (including phenoxy) is 1. The molecule has 0 unspecified atom stereocenters. The maximum Gasteiger partial charge on any atom is 0.419 e. The van der Waals surface area contributed by atoms with Crippen LogP contribution >= 0.6 is 0 Å². The van der Waals surface area contributed by atoms with Gasteiger partial charge in [0.05, 0.1) is 5.56 Å². The minimum absolute atomic E-state index is 0.257. The number of hydrogen-bond donors (Lipinski definition) is 1. The lowest BCUT2D eigenvalue weighted by Crippen LogP contribution is -2.24. The summed E-state index contributed by atoms with van der Waals surface area (Å²) < 4.78 is 42.9. The molecule has 0 heterocycles. The van der Waals surface area contributed by atoms with Crippen molar-refractivity contribution < 1.29 is 23.0 Å². The van der Waals surface area contributed by atoms with E-state index in [9.17, 15) is 13.2 Å². The topological polar surface area (TPSA) is 29.5 Å². The average Bonchev–Trinajstić information content (AvgIpc) is 1.97. The Kier molecular flexibility index (Phi) is 3.08. The number of benzene rings is 1. The van der Waals surface area contributed by atoms with Crippen LogP contribution in [0, 0.1) is 0 Å². The van der Waals surface area contributed by atoms with Gasteiger partial charge >= 0.3 is 6.18 Å². The summed E-state index contributed by atoms with van der Waals surface area (Å²) in [7, 11) is 0. The maximum absolute atomic E-state index is 12.6. The van der Waals surface area contributed by atoms with Gasteiger partial charge in [0.2, 0.25) is 0 Å². The third-order valence-corrected chi connectivity index (χ3v) is 1.69. The summed E-state index contributed by atoms with van der Waals surface area (Å²) in [6.07, 6.45) is -4.49. The van der Waals surface area contributed by atoms with Gasteiger partial charge < -0.3 is 9.84 Å². The third-order valence-electron chi connectivity index (χ3n) is 1.69. The van der Waals surface area contributed by atoms with Crippen molar-refractivity contribution in [1.82, 2.24) is 0 Å². The molecule has 0 radical (unpaired) electrons. The van der Waals surface area contributed by atoms with E-state index in [0.29, 0.717) is 0 Å². The molecule has 5 heteroatoms. The Labute approximate surface area is 91.7 Å². The molecule has 0 aliphatic carbocycles. The molecule has 0 spiro atoms. The van der Waals surface area contributed by atoms with E-state index in [4.69, 9.17) is 9.84 Å². The van der Waals surface area contributed by atoms with E-state index in [2.05, 4.69) is 0 Å². The highest BCUT2D eigenvalue weighted by atomic mass is 19.4. The number of rotatable bonds is 1. The molecule has 0 saturated heterocycles. The van der Waals surface area contributed by atoms with E-state index in [1.807, 2.05) is 0 Å². The summed E-state index contributed by atoms with van der Waals surface area (Å²) in [6.45, 7) is 4.91. The zero-order valence-electron chi connectivity index (χ0n) is 9.22. The summed E-state index contributed by atoms with van der Waals surface area (Å²) in [6, 6.07) is 2.75. The molecular formula is C11H13F3O2. The first-order valence-electron chi connectivity index (χ1n) is 4.69. The molecule has 1 aromatic rings. The van der Waals surface area contributed by atoms with Gasteiger partial charge in [0, 0.05) is 6.07 Å². The number of phenolic OH excluding ortho intramolecular Hbond substituents is 1. The zero-order valence-corrected chi connectivity index (χ0v) is 9.22. The molecule has 0 atom stereocenters. The van der Waals surface area contributed by atoms with Crippen LogP contribution in [0.5, 0.6) is 11.5 Å². The number of aromatic hydroxyl groups is 1. The van der Waals surface area contributed by atoms with Crippen molar-refractivity contribution in [2.45, 2.75) is 32.5 Å². The van der Waals surface area contributed by atoms with Crippen molar-refractivity contribution in [1.29, 1.82) is 0 Å². The van der Waals surface area contributed by atoms with Crippen molar-refractivity contribution >= 4 is 0 Å². The molecule has 0 bridgehead atoms. The molecule has 0 aliphatic heterocycles. The van der Waals surface area contributed by atoms with Gasteiger partial charge in [-0.1, -0.05) is 0 Å². The fourth-order valence-electron chi connectivity index (χ4n) is 1.16. The fraction of sp³-hybridized carbons (Fsp3) is 0.455. The Morgan fingerprint density at radius 1 is 1.12 bits per heavy atom. The van der Waals surface area contributed by atoms with Crippen LogP contribution in [0.4, 0.5) is 13.2 Å². The lowest BCUT2D eigenvalue weighted by molar-refractivity contribution is -0.139. The van der Waals surface area contributed by atoms with Crippen molar-refractivity contribution in [2.24, 2.45) is 0 Å². The second-order valence-corrected chi connectivity index (χ2v) is 4.39. The van der Waals surface area contributed by atoms with E-state index in [-0.39, 0.29) is 11.5 Å². The summed E-state index contributed by atoms with van der Waals surface area (Å²) in [5.74, 6) is -0.618. The van der Waals surface area contributed by atoms with E-state index in [0.717, 1.165) is 18.2 Å². The molecule has 1 rings (SSSR count). The van der Waals surface area contributed by atoms with Gasteiger partial charge in [0.1, 0.15) is 17.1 Å². The average molecular weight is 234 g/mol. The van der Waals surface area contributed by atoms with Crippen molar-refractivity contribution in [3.05, 3.63) is 23.8 Å². The Hall–Kier alpha value is -1.39. The predicted molar refractivity (Wildman–Crippen MR) is 53.5 cm³/mol. The molecule has 0 fully saturated rings. The van der Waals surface area contributed by atoms with Crippen molar-refractivity contribution in [2.75, 3.05) is 0 Å². The summed E-state index contributed by atoms with van der Waals surface area (Å²) in [5.41, 5.74) is -1.64. The van der Waals surface area contributed by atoms with Gasteiger partial charge in [0.15, 0.2) is 0 Å². The van der Waals surface area contributed by atoms with E-state index >= 15 is 0 Å². The first-order chi connectivity index (χ1) is 7.09. The minimum Gasteiger partial charge on any atom is -0.508 e. The largest absolute Gasteiger partial charge is 0.508 e. The summed E-state index contributed by atoms with van der Waals surface area (Å²) in [4.78, 5) is 0. The fourth-order valence-corrected chi connectivity index (χ4v) is 1.16. The van der Waals surface area contributed by atoms with E-state index in [1.54, 1.807) is 20.8 Å². The molecule has 0 aromatic heterocycles. The van der Waals surface area contributed by atoms with Gasteiger partial charge in [-0.05, 0) is 32.9 Å². The molecule has 90 valence electrons. The number of halogens is 3. The number of hydrogen-bond acceptors (Lipinski definition) is 2. The molecular weight excluding hydrogens is 221 g/mol. The van der Waals surface area contributed by atoms with Crippen molar-refractivity contribution in [3.8, 4) is 11.5 Å². The van der Waals surface area contributed by atoms with Crippen LogP contribution in [0.1, 0.15) is 26.3 Å². The van der Waals surface area contributed by atoms with E-state index < -0.39 is 17.3 Å². The zero-order chi connectivity index (χ0) is 12.6. The van der Waals surface area contributed by atoms with E-state index in [1.165, 1.54) is 0 Å². The predicted octanol–water partition coefficient (Wildman–Crippen LogP) is 3.59. The molecule has 0 saturated carbocycles. The normalized spacial score (nSPS) is 12.6. The smallest absolute Gasteiger partial charge is 0.419 e. The quantitative estimate of drug-likeness (QED) is 0.804. The SMILES string of the molecule is CC(C)(C)Oc1cc(O)ccc1C(F)(F)F. The highest BCUT2D eigenvalue weighted by Crippen LogP contribution is 2.39. The van der Waals surface area contributed by atoms with Crippen LogP contribution in [0.3, 0.4) is 0 Å². The molecule has 2 nitrogen and oxygen atoms in total. The van der Waals surface area contributed by atoms with Crippen LogP contribution in [0.2, 0.25) is 0 Å². The van der Waals surface area contributed by atoms with Gasteiger partial charge in [-0.15, -0.1) is 0 Å².